The lowest BCUT2D eigenvalue weighted by Crippen LogP contribution is -2.30. The summed E-state index contributed by atoms with van der Waals surface area (Å²) in [7, 11) is 0. The number of carbonyl (C=O) groups is 1. The first-order chi connectivity index (χ1) is 6.63. The van der Waals surface area contributed by atoms with Crippen LogP contribution in [0.1, 0.15) is 6.92 Å². The fraction of sp³-hybridized carbons (Fsp3) is 0.300. The Hall–Kier alpha value is -1.16. The minimum Gasteiger partial charge on any atom is -0.481 e. The molecule has 1 unspecified atom stereocenters. The number of primary amides is 1. The van der Waals surface area contributed by atoms with Gasteiger partial charge in [-0.1, -0.05) is 0 Å². The van der Waals surface area contributed by atoms with Crippen molar-refractivity contribution in [2.75, 3.05) is 6.26 Å². The summed E-state index contributed by atoms with van der Waals surface area (Å²) in [6.45, 7) is 1.63. The largest absolute Gasteiger partial charge is 0.481 e. The molecule has 1 amide bonds. The van der Waals surface area contributed by atoms with Gasteiger partial charge < -0.3 is 10.5 Å². The molecular weight excluding hydrogens is 198 g/mol. The van der Waals surface area contributed by atoms with E-state index in [1.54, 1.807) is 18.7 Å². The van der Waals surface area contributed by atoms with Gasteiger partial charge in [0.2, 0.25) is 0 Å². The molecule has 1 aromatic carbocycles. The summed E-state index contributed by atoms with van der Waals surface area (Å²) in [5.74, 6) is 0.202. The molecule has 0 bridgehead atoms. The molecule has 14 heavy (non-hydrogen) atoms. The van der Waals surface area contributed by atoms with Crippen molar-refractivity contribution in [2.45, 2.75) is 17.9 Å². The Morgan fingerprint density at radius 3 is 2.43 bits per heavy atom. The van der Waals surface area contributed by atoms with E-state index in [1.807, 2.05) is 30.5 Å². The third kappa shape index (κ3) is 2.96. The summed E-state index contributed by atoms with van der Waals surface area (Å²) in [6, 6.07) is 7.53. The minimum atomic E-state index is -0.588. The SMILES string of the molecule is CSc1ccc(OC(C)C(N)=O)cc1. The molecule has 0 saturated carbocycles. The van der Waals surface area contributed by atoms with Crippen molar-refractivity contribution >= 4 is 17.7 Å². The molecule has 0 aliphatic rings. The Kier molecular flexibility index (Phi) is 3.83. The first-order valence-electron chi connectivity index (χ1n) is 4.23. The van der Waals surface area contributed by atoms with Crippen molar-refractivity contribution in [3.8, 4) is 5.75 Å². The highest BCUT2D eigenvalue weighted by Gasteiger charge is 2.09. The molecule has 0 radical (unpaired) electrons. The molecule has 0 aliphatic carbocycles. The Balaban J connectivity index is 2.64. The number of nitrogens with two attached hydrogens (primary N) is 1. The average Bonchev–Trinajstić information content (AvgIpc) is 2.19. The van der Waals surface area contributed by atoms with Gasteiger partial charge in [0.25, 0.3) is 5.91 Å². The predicted molar refractivity (Wildman–Crippen MR) is 57.5 cm³/mol. The maximum Gasteiger partial charge on any atom is 0.258 e. The van der Waals surface area contributed by atoms with Gasteiger partial charge in [-0.2, -0.15) is 0 Å². The maximum atomic E-state index is 10.7. The highest BCUT2D eigenvalue weighted by Crippen LogP contribution is 2.19. The van der Waals surface area contributed by atoms with E-state index in [2.05, 4.69) is 0 Å². The van der Waals surface area contributed by atoms with Crippen LogP contribution in [0.5, 0.6) is 5.75 Å². The van der Waals surface area contributed by atoms with Gasteiger partial charge in [-0.05, 0) is 37.4 Å². The van der Waals surface area contributed by atoms with E-state index in [-0.39, 0.29) is 0 Å². The van der Waals surface area contributed by atoms with Crippen molar-refractivity contribution < 1.29 is 9.53 Å². The molecular formula is C10H13NO2S. The van der Waals surface area contributed by atoms with Crippen LogP contribution in [-0.2, 0) is 4.79 Å². The van der Waals surface area contributed by atoms with E-state index in [0.717, 1.165) is 4.90 Å². The van der Waals surface area contributed by atoms with Crippen LogP contribution >= 0.6 is 11.8 Å². The van der Waals surface area contributed by atoms with Gasteiger partial charge in [-0.15, -0.1) is 11.8 Å². The number of rotatable bonds is 4. The van der Waals surface area contributed by atoms with Crippen LogP contribution in [0, 0.1) is 0 Å². The molecule has 1 aromatic rings. The lowest BCUT2D eigenvalue weighted by molar-refractivity contribution is -0.123. The standard InChI is InChI=1S/C10H13NO2S/c1-7(10(11)12)13-8-3-5-9(14-2)6-4-8/h3-7H,1-2H3,(H2,11,12). The number of carbonyl (C=O) groups excluding carboxylic acids is 1. The van der Waals surface area contributed by atoms with E-state index in [4.69, 9.17) is 10.5 Å². The molecule has 3 nitrogen and oxygen atoms in total. The molecule has 0 aromatic heterocycles. The normalized spacial score (nSPS) is 12.1. The molecule has 0 saturated heterocycles. The molecule has 0 heterocycles. The zero-order valence-electron chi connectivity index (χ0n) is 8.19. The van der Waals surface area contributed by atoms with Gasteiger partial charge in [-0.25, -0.2) is 0 Å². The van der Waals surface area contributed by atoms with Crippen molar-refractivity contribution in [1.29, 1.82) is 0 Å². The van der Waals surface area contributed by atoms with Gasteiger partial charge in [0, 0.05) is 4.90 Å². The van der Waals surface area contributed by atoms with Gasteiger partial charge in [0.1, 0.15) is 5.75 Å². The fourth-order valence-electron chi connectivity index (χ4n) is 0.916. The number of hydrogen-bond donors (Lipinski definition) is 1. The lowest BCUT2D eigenvalue weighted by Gasteiger charge is -2.10. The molecule has 4 heteroatoms. The summed E-state index contributed by atoms with van der Waals surface area (Å²) in [5, 5.41) is 0. The zero-order chi connectivity index (χ0) is 10.6. The summed E-state index contributed by atoms with van der Waals surface area (Å²) in [5.41, 5.74) is 5.07. The third-order valence-corrected chi connectivity index (χ3v) is 2.52. The molecule has 76 valence electrons. The van der Waals surface area contributed by atoms with E-state index < -0.39 is 12.0 Å². The van der Waals surface area contributed by atoms with Gasteiger partial charge in [0.05, 0.1) is 0 Å². The Bertz CT molecular complexity index is 310. The van der Waals surface area contributed by atoms with Gasteiger partial charge in [0.15, 0.2) is 6.10 Å². The van der Waals surface area contributed by atoms with E-state index in [0.29, 0.717) is 5.75 Å². The van der Waals surface area contributed by atoms with Crippen LogP contribution < -0.4 is 10.5 Å². The average molecular weight is 211 g/mol. The van der Waals surface area contributed by atoms with Crippen LogP contribution in [0.25, 0.3) is 0 Å². The third-order valence-electron chi connectivity index (χ3n) is 1.77. The molecule has 0 fully saturated rings. The summed E-state index contributed by atoms with van der Waals surface area (Å²) >= 11 is 1.66. The highest BCUT2D eigenvalue weighted by molar-refractivity contribution is 7.98. The molecule has 1 atom stereocenters. The minimum absolute atomic E-state index is 0.459. The predicted octanol–water partition coefficient (Wildman–Crippen LogP) is 1.66. The van der Waals surface area contributed by atoms with Crippen molar-refractivity contribution in [2.24, 2.45) is 5.73 Å². The summed E-state index contributed by atoms with van der Waals surface area (Å²) in [4.78, 5) is 11.9. The van der Waals surface area contributed by atoms with E-state index in [1.165, 1.54) is 0 Å². The fourth-order valence-corrected chi connectivity index (χ4v) is 1.32. The number of amides is 1. The van der Waals surface area contributed by atoms with Crippen LogP contribution in [-0.4, -0.2) is 18.3 Å². The monoisotopic (exact) mass is 211 g/mol. The van der Waals surface area contributed by atoms with Crippen molar-refractivity contribution in [3.05, 3.63) is 24.3 Å². The van der Waals surface area contributed by atoms with Crippen molar-refractivity contribution in [3.63, 3.8) is 0 Å². The van der Waals surface area contributed by atoms with Crippen LogP contribution in [0.4, 0.5) is 0 Å². The molecule has 1 rings (SSSR count). The topological polar surface area (TPSA) is 52.3 Å². The van der Waals surface area contributed by atoms with Gasteiger partial charge >= 0.3 is 0 Å². The number of ether oxygens (including phenoxy) is 1. The smallest absolute Gasteiger partial charge is 0.258 e. The molecule has 0 aliphatic heterocycles. The van der Waals surface area contributed by atoms with Crippen LogP contribution in [0.15, 0.2) is 29.2 Å². The second-order valence-electron chi connectivity index (χ2n) is 2.84. The Morgan fingerprint density at radius 2 is 2.00 bits per heavy atom. The van der Waals surface area contributed by atoms with Crippen molar-refractivity contribution in [1.82, 2.24) is 0 Å². The Labute approximate surface area is 87.6 Å². The van der Waals surface area contributed by atoms with E-state index in [9.17, 15) is 4.79 Å². The molecule has 2 N–H and O–H groups in total. The second kappa shape index (κ2) is 4.91. The maximum absolute atomic E-state index is 10.7. The first kappa shape index (κ1) is 10.9. The van der Waals surface area contributed by atoms with Gasteiger partial charge in [-0.3, -0.25) is 4.79 Å². The quantitative estimate of drug-likeness (QED) is 0.771. The number of hydrogen-bond acceptors (Lipinski definition) is 3. The Morgan fingerprint density at radius 1 is 1.43 bits per heavy atom. The lowest BCUT2D eigenvalue weighted by atomic mass is 10.3. The number of thioether (sulfide) groups is 1. The summed E-state index contributed by atoms with van der Waals surface area (Å²) in [6.07, 6.45) is 1.41. The number of benzene rings is 1. The first-order valence-corrected chi connectivity index (χ1v) is 5.46. The zero-order valence-corrected chi connectivity index (χ0v) is 9.01. The van der Waals surface area contributed by atoms with E-state index >= 15 is 0 Å². The van der Waals surface area contributed by atoms with Crippen LogP contribution in [0.3, 0.4) is 0 Å². The second-order valence-corrected chi connectivity index (χ2v) is 3.72. The van der Waals surface area contributed by atoms with Crippen LogP contribution in [0.2, 0.25) is 0 Å². The highest BCUT2D eigenvalue weighted by atomic mass is 32.2. The molecule has 0 spiro atoms. The summed E-state index contributed by atoms with van der Waals surface area (Å²) < 4.78 is 5.29.